The maximum Gasteiger partial charge on any atom is 0.325 e. The van der Waals surface area contributed by atoms with E-state index in [1.807, 2.05) is 4.90 Å². The molecule has 2 aliphatic heterocycles. The molecule has 4 aliphatic rings. The highest BCUT2D eigenvalue weighted by Gasteiger charge is 2.52. The fourth-order valence-electron chi connectivity index (χ4n) is 5.55. The van der Waals surface area contributed by atoms with Crippen LogP contribution in [0.2, 0.25) is 0 Å². The fraction of sp³-hybridized carbons (Fsp3) is 0.818. The number of hydrogen-bond acceptors (Lipinski definition) is 4. The summed E-state index contributed by atoms with van der Waals surface area (Å²) >= 11 is 0. The van der Waals surface area contributed by atoms with E-state index in [1.54, 1.807) is 4.90 Å². The molecular formula is C22H34N4O4. The van der Waals surface area contributed by atoms with E-state index in [4.69, 9.17) is 0 Å². The van der Waals surface area contributed by atoms with Gasteiger partial charge >= 0.3 is 6.03 Å². The number of amides is 5. The molecule has 2 saturated carbocycles. The van der Waals surface area contributed by atoms with E-state index in [9.17, 15) is 19.2 Å². The minimum Gasteiger partial charge on any atom is -0.339 e. The largest absolute Gasteiger partial charge is 0.339 e. The highest BCUT2D eigenvalue weighted by molar-refractivity contribution is 6.07. The Hall–Kier alpha value is -2.12. The van der Waals surface area contributed by atoms with Crippen molar-refractivity contribution in [1.29, 1.82) is 0 Å². The van der Waals surface area contributed by atoms with Crippen molar-refractivity contribution in [3.05, 3.63) is 0 Å². The van der Waals surface area contributed by atoms with Gasteiger partial charge in [0.15, 0.2) is 0 Å². The van der Waals surface area contributed by atoms with Crippen LogP contribution in [0, 0.1) is 5.92 Å². The van der Waals surface area contributed by atoms with Crippen molar-refractivity contribution in [2.24, 2.45) is 5.92 Å². The minimum absolute atomic E-state index is 0.0546. The van der Waals surface area contributed by atoms with Gasteiger partial charge in [-0.1, -0.05) is 38.5 Å². The van der Waals surface area contributed by atoms with Crippen molar-refractivity contribution in [2.45, 2.75) is 76.2 Å². The summed E-state index contributed by atoms with van der Waals surface area (Å²) in [6.07, 6.45) is 10.1. The van der Waals surface area contributed by atoms with E-state index in [1.165, 1.54) is 30.6 Å². The van der Waals surface area contributed by atoms with Crippen molar-refractivity contribution >= 4 is 23.8 Å². The lowest BCUT2D eigenvalue weighted by atomic mass is 9.98. The SMILES string of the molecule is O=C(CCC1CCCC1)N1CCN(C(=O)CCN2C(=O)NC3(CCCC3)C2=O)CC1. The summed E-state index contributed by atoms with van der Waals surface area (Å²) in [4.78, 5) is 54.8. The van der Waals surface area contributed by atoms with Gasteiger partial charge in [0.1, 0.15) is 5.54 Å². The predicted octanol–water partition coefficient (Wildman–Crippen LogP) is 1.88. The summed E-state index contributed by atoms with van der Waals surface area (Å²) in [6, 6.07) is -0.368. The Bertz CT molecular complexity index is 689. The maximum atomic E-state index is 12.7. The van der Waals surface area contributed by atoms with Crippen molar-refractivity contribution in [1.82, 2.24) is 20.0 Å². The van der Waals surface area contributed by atoms with Gasteiger partial charge < -0.3 is 15.1 Å². The Kier molecular flexibility index (Phi) is 6.29. The molecule has 0 bridgehead atoms. The maximum absolute atomic E-state index is 12.7. The van der Waals surface area contributed by atoms with Crippen LogP contribution >= 0.6 is 0 Å². The average molecular weight is 419 g/mol. The summed E-state index contributed by atoms with van der Waals surface area (Å²) in [5.74, 6) is 0.692. The molecule has 0 aromatic carbocycles. The number of carbonyl (C=O) groups is 4. The van der Waals surface area contributed by atoms with Crippen LogP contribution in [0.15, 0.2) is 0 Å². The third kappa shape index (κ3) is 4.32. The van der Waals surface area contributed by atoms with E-state index in [0.717, 1.165) is 19.3 Å². The molecule has 5 amide bonds. The number of imide groups is 1. The lowest BCUT2D eigenvalue weighted by Gasteiger charge is -2.35. The second kappa shape index (κ2) is 8.94. The molecule has 4 fully saturated rings. The number of urea groups is 1. The molecule has 8 heteroatoms. The zero-order chi connectivity index (χ0) is 21.1. The van der Waals surface area contributed by atoms with E-state index < -0.39 is 5.54 Å². The number of carbonyl (C=O) groups excluding carboxylic acids is 4. The number of nitrogens with one attached hydrogen (secondary N) is 1. The average Bonchev–Trinajstić information content (AvgIpc) is 3.48. The standard InChI is InChI=1S/C22H34N4O4/c27-18(8-7-17-5-1-2-6-17)24-13-15-25(16-14-24)19(28)9-12-26-20(29)22(23-21(26)30)10-3-4-11-22/h17H,1-16H2,(H,23,30). The van der Waals surface area contributed by atoms with Crippen molar-refractivity contribution in [2.75, 3.05) is 32.7 Å². The molecule has 2 aliphatic carbocycles. The van der Waals surface area contributed by atoms with E-state index in [2.05, 4.69) is 5.32 Å². The Balaban J connectivity index is 1.19. The molecule has 0 radical (unpaired) electrons. The fourth-order valence-corrected chi connectivity index (χ4v) is 5.55. The van der Waals surface area contributed by atoms with E-state index in [0.29, 0.717) is 51.4 Å². The summed E-state index contributed by atoms with van der Waals surface area (Å²) < 4.78 is 0. The van der Waals surface area contributed by atoms with Crippen LogP contribution in [0.3, 0.4) is 0 Å². The van der Waals surface area contributed by atoms with Gasteiger partial charge in [-0.05, 0) is 25.2 Å². The van der Waals surface area contributed by atoms with Gasteiger partial charge in [0.2, 0.25) is 11.8 Å². The van der Waals surface area contributed by atoms with Gasteiger partial charge in [0, 0.05) is 45.6 Å². The predicted molar refractivity (Wildman–Crippen MR) is 110 cm³/mol. The third-order valence-electron chi connectivity index (χ3n) is 7.48. The first-order chi connectivity index (χ1) is 14.5. The van der Waals surface area contributed by atoms with Crippen LogP contribution in [0.25, 0.3) is 0 Å². The number of rotatable bonds is 6. The van der Waals surface area contributed by atoms with Gasteiger partial charge in [-0.25, -0.2) is 4.79 Å². The first-order valence-corrected chi connectivity index (χ1v) is 11.7. The Morgan fingerprint density at radius 1 is 0.867 bits per heavy atom. The zero-order valence-electron chi connectivity index (χ0n) is 17.9. The van der Waals surface area contributed by atoms with Gasteiger partial charge in [-0.2, -0.15) is 0 Å². The van der Waals surface area contributed by atoms with E-state index in [-0.39, 0.29) is 36.7 Å². The molecule has 2 saturated heterocycles. The Morgan fingerprint density at radius 3 is 2.03 bits per heavy atom. The van der Waals surface area contributed by atoms with Crippen LogP contribution in [-0.2, 0) is 14.4 Å². The molecule has 2 heterocycles. The van der Waals surface area contributed by atoms with Crippen molar-refractivity contribution in [3.63, 3.8) is 0 Å². The molecule has 8 nitrogen and oxygen atoms in total. The van der Waals surface area contributed by atoms with Crippen LogP contribution in [0.1, 0.15) is 70.6 Å². The molecule has 0 unspecified atom stereocenters. The van der Waals surface area contributed by atoms with E-state index >= 15 is 0 Å². The first kappa shape index (κ1) is 21.1. The van der Waals surface area contributed by atoms with Crippen molar-refractivity contribution in [3.8, 4) is 0 Å². The smallest absolute Gasteiger partial charge is 0.325 e. The molecule has 0 atom stereocenters. The number of piperazine rings is 1. The van der Waals surface area contributed by atoms with Crippen LogP contribution in [0.4, 0.5) is 4.79 Å². The molecule has 1 N–H and O–H groups in total. The van der Waals surface area contributed by atoms with Crippen LogP contribution < -0.4 is 5.32 Å². The summed E-state index contributed by atoms with van der Waals surface area (Å²) in [6.45, 7) is 2.32. The highest BCUT2D eigenvalue weighted by Crippen LogP contribution is 2.35. The molecule has 1 spiro atoms. The van der Waals surface area contributed by atoms with Crippen LogP contribution in [0.5, 0.6) is 0 Å². The second-order valence-corrected chi connectivity index (χ2v) is 9.38. The molecule has 4 rings (SSSR count). The quantitative estimate of drug-likeness (QED) is 0.667. The van der Waals surface area contributed by atoms with Gasteiger partial charge in [0.05, 0.1) is 0 Å². The summed E-state index contributed by atoms with van der Waals surface area (Å²) in [7, 11) is 0. The Morgan fingerprint density at radius 2 is 1.43 bits per heavy atom. The molecular weight excluding hydrogens is 384 g/mol. The summed E-state index contributed by atoms with van der Waals surface area (Å²) in [5.41, 5.74) is -0.718. The lowest BCUT2D eigenvalue weighted by molar-refractivity contribution is -0.140. The topological polar surface area (TPSA) is 90.0 Å². The molecule has 0 aromatic rings. The summed E-state index contributed by atoms with van der Waals surface area (Å²) in [5, 5.41) is 2.85. The van der Waals surface area contributed by atoms with Crippen molar-refractivity contribution < 1.29 is 19.2 Å². The van der Waals surface area contributed by atoms with Gasteiger partial charge in [-0.3, -0.25) is 19.3 Å². The normalized spacial score (nSPS) is 24.2. The number of nitrogens with zero attached hydrogens (tertiary/aromatic N) is 3. The zero-order valence-corrected chi connectivity index (χ0v) is 17.9. The minimum atomic E-state index is -0.718. The molecule has 0 aromatic heterocycles. The van der Waals surface area contributed by atoms with Crippen LogP contribution in [-0.4, -0.2) is 76.7 Å². The first-order valence-electron chi connectivity index (χ1n) is 11.7. The molecule has 166 valence electrons. The monoisotopic (exact) mass is 418 g/mol. The second-order valence-electron chi connectivity index (χ2n) is 9.38. The van der Waals surface area contributed by atoms with Gasteiger partial charge in [-0.15, -0.1) is 0 Å². The number of hydrogen-bond donors (Lipinski definition) is 1. The molecule has 30 heavy (non-hydrogen) atoms. The van der Waals surface area contributed by atoms with Gasteiger partial charge in [0.25, 0.3) is 5.91 Å². The Labute approximate surface area is 178 Å². The highest BCUT2D eigenvalue weighted by atomic mass is 16.2. The lowest BCUT2D eigenvalue weighted by Crippen LogP contribution is -2.51. The third-order valence-corrected chi connectivity index (χ3v) is 7.48.